The van der Waals surface area contributed by atoms with Crippen molar-refractivity contribution in [1.29, 1.82) is 10.5 Å². The Balaban J connectivity index is 2.17. The van der Waals surface area contributed by atoms with Crippen LogP contribution in [0, 0.1) is 28.6 Å². The Morgan fingerprint density at radius 2 is 2.14 bits per heavy atom. The molecule has 0 bridgehead atoms. The number of benzene rings is 1. The topological polar surface area (TPSA) is 80.2 Å². The molecule has 0 unspecified atom stereocenters. The summed E-state index contributed by atoms with van der Waals surface area (Å²) in [7, 11) is 0. The van der Waals surface area contributed by atoms with Crippen molar-refractivity contribution < 1.29 is 4.79 Å². The van der Waals surface area contributed by atoms with Gasteiger partial charge in [0.15, 0.2) is 0 Å². The molecule has 5 heteroatoms. The third kappa shape index (κ3) is 1.75. The van der Waals surface area contributed by atoms with E-state index in [4.69, 9.17) is 0 Å². The second-order valence-corrected chi connectivity index (χ2v) is 5.38. The highest BCUT2D eigenvalue weighted by atomic mass is 16.1. The van der Waals surface area contributed by atoms with Gasteiger partial charge < -0.3 is 0 Å². The first-order chi connectivity index (χ1) is 10.2. The third-order valence-electron chi connectivity index (χ3n) is 4.32. The average Bonchev–Trinajstić information content (AvgIpc) is 2.89. The van der Waals surface area contributed by atoms with Gasteiger partial charge in [0.1, 0.15) is 17.9 Å². The van der Waals surface area contributed by atoms with Gasteiger partial charge in [-0.15, -0.1) is 0 Å². The van der Waals surface area contributed by atoms with Gasteiger partial charge >= 0.3 is 0 Å². The Morgan fingerprint density at radius 3 is 2.81 bits per heavy atom. The van der Waals surface area contributed by atoms with Crippen molar-refractivity contribution in [2.24, 2.45) is 11.0 Å². The largest absolute Gasteiger partial charge is 0.299 e. The first-order valence-electron chi connectivity index (χ1n) is 6.94. The van der Waals surface area contributed by atoms with E-state index in [-0.39, 0.29) is 24.2 Å². The van der Waals surface area contributed by atoms with Gasteiger partial charge in [0.2, 0.25) is 5.54 Å². The van der Waals surface area contributed by atoms with E-state index >= 15 is 0 Å². The molecular formula is C16H14N4O. The molecule has 0 aliphatic carbocycles. The number of carbonyl (C=O) groups excluding carboxylic acids is 1. The smallest absolute Gasteiger partial charge is 0.230 e. The maximum atomic E-state index is 12.3. The summed E-state index contributed by atoms with van der Waals surface area (Å²) in [6.07, 6.45) is 2.27. The van der Waals surface area contributed by atoms with Crippen molar-refractivity contribution in [1.82, 2.24) is 5.01 Å². The molecule has 0 radical (unpaired) electrons. The van der Waals surface area contributed by atoms with Crippen LogP contribution in [0.5, 0.6) is 0 Å². The Morgan fingerprint density at radius 1 is 1.43 bits per heavy atom. The monoisotopic (exact) mass is 278 g/mol. The maximum Gasteiger partial charge on any atom is 0.230 e. The molecule has 2 aliphatic heterocycles. The number of Topliss-reactive ketones (excluding diaryl/α,β-unsaturated/α-hetero) is 1. The summed E-state index contributed by atoms with van der Waals surface area (Å²) in [6.45, 7) is 1.81. The van der Waals surface area contributed by atoms with Crippen LogP contribution in [0.15, 0.2) is 29.4 Å². The van der Waals surface area contributed by atoms with Crippen LogP contribution < -0.4 is 0 Å². The second kappa shape index (κ2) is 4.71. The first kappa shape index (κ1) is 13.3. The van der Waals surface area contributed by atoms with E-state index in [9.17, 15) is 15.3 Å². The molecule has 2 heterocycles. The SMILES string of the molecule is CCC(=O)[C@H]1CC(C#N)(C#N)N2N=Cc3ccccc3[C@@H]12. The quantitative estimate of drug-likeness (QED) is 0.830. The van der Waals surface area contributed by atoms with Gasteiger partial charge in [-0.05, 0) is 11.1 Å². The number of hydrogen-bond donors (Lipinski definition) is 0. The highest BCUT2D eigenvalue weighted by molar-refractivity contribution is 5.87. The van der Waals surface area contributed by atoms with E-state index in [1.807, 2.05) is 31.2 Å². The molecule has 0 N–H and O–H groups in total. The fourth-order valence-corrected chi connectivity index (χ4v) is 3.24. The number of nitriles is 2. The number of hydrogen-bond acceptors (Lipinski definition) is 5. The van der Waals surface area contributed by atoms with Gasteiger partial charge in [0, 0.05) is 18.8 Å². The molecule has 104 valence electrons. The van der Waals surface area contributed by atoms with Crippen molar-refractivity contribution in [2.45, 2.75) is 31.3 Å². The molecule has 0 saturated carbocycles. The van der Waals surface area contributed by atoms with Crippen LogP contribution >= 0.6 is 0 Å². The number of ketones is 1. The number of hydrazone groups is 1. The number of carbonyl (C=O) groups is 1. The van der Waals surface area contributed by atoms with Gasteiger partial charge in [-0.1, -0.05) is 31.2 Å². The Labute approximate surface area is 123 Å². The first-order valence-corrected chi connectivity index (χ1v) is 6.94. The van der Waals surface area contributed by atoms with Crippen LogP contribution in [0.2, 0.25) is 0 Å². The third-order valence-corrected chi connectivity index (χ3v) is 4.32. The van der Waals surface area contributed by atoms with Crippen molar-refractivity contribution in [3.63, 3.8) is 0 Å². The van der Waals surface area contributed by atoms with Crippen molar-refractivity contribution in [2.75, 3.05) is 0 Å². The Hall–Kier alpha value is -2.66. The van der Waals surface area contributed by atoms with E-state index in [0.29, 0.717) is 6.42 Å². The fraction of sp³-hybridized carbons (Fsp3) is 0.375. The van der Waals surface area contributed by atoms with E-state index < -0.39 is 5.54 Å². The lowest BCUT2D eigenvalue weighted by atomic mass is 9.85. The summed E-state index contributed by atoms with van der Waals surface area (Å²) in [5.74, 6) is -0.294. The summed E-state index contributed by atoms with van der Waals surface area (Å²) in [6, 6.07) is 11.5. The van der Waals surface area contributed by atoms with Gasteiger partial charge in [0.25, 0.3) is 0 Å². The minimum absolute atomic E-state index is 0.0734. The molecule has 21 heavy (non-hydrogen) atoms. The van der Waals surface area contributed by atoms with Crippen LogP contribution in [0.4, 0.5) is 0 Å². The fourth-order valence-electron chi connectivity index (χ4n) is 3.24. The molecule has 2 aliphatic rings. The van der Waals surface area contributed by atoms with Gasteiger partial charge in [-0.2, -0.15) is 15.6 Å². The maximum absolute atomic E-state index is 12.3. The predicted molar refractivity (Wildman–Crippen MR) is 76.0 cm³/mol. The number of fused-ring (bicyclic) bond motifs is 3. The number of nitrogens with zero attached hydrogens (tertiary/aromatic N) is 4. The zero-order valence-corrected chi connectivity index (χ0v) is 11.7. The van der Waals surface area contributed by atoms with Crippen LogP contribution in [0.25, 0.3) is 0 Å². The van der Waals surface area contributed by atoms with E-state index in [1.54, 1.807) is 6.21 Å². The molecule has 1 fully saturated rings. The van der Waals surface area contributed by atoms with Crippen molar-refractivity contribution in [3.05, 3.63) is 35.4 Å². The zero-order chi connectivity index (χ0) is 15.0. The standard InChI is InChI=1S/C16H14N4O/c1-2-14(21)13-7-16(9-17,10-18)20-15(13)12-6-4-3-5-11(12)8-19-20/h3-6,8,13,15H,2,7H2,1H3/t13-,15+/m1/s1. The average molecular weight is 278 g/mol. The summed E-state index contributed by atoms with van der Waals surface area (Å²) in [4.78, 5) is 12.3. The Kier molecular flexibility index (Phi) is 2.99. The normalized spacial score (nSPS) is 24.6. The molecule has 0 spiro atoms. The molecule has 2 atom stereocenters. The second-order valence-electron chi connectivity index (χ2n) is 5.38. The molecule has 1 saturated heterocycles. The lowest BCUT2D eigenvalue weighted by Crippen LogP contribution is -2.40. The Bertz CT molecular complexity index is 696. The van der Waals surface area contributed by atoms with Crippen LogP contribution in [-0.4, -0.2) is 22.5 Å². The van der Waals surface area contributed by atoms with Crippen LogP contribution in [-0.2, 0) is 4.79 Å². The lowest BCUT2D eigenvalue weighted by molar-refractivity contribution is -0.123. The van der Waals surface area contributed by atoms with Gasteiger partial charge in [0.05, 0.1) is 12.3 Å². The lowest BCUT2D eigenvalue weighted by Gasteiger charge is -2.33. The molecule has 3 rings (SSSR count). The van der Waals surface area contributed by atoms with E-state index in [1.165, 1.54) is 5.01 Å². The van der Waals surface area contributed by atoms with E-state index in [0.717, 1.165) is 11.1 Å². The highest BCUT2D eigenvalue weighted by Crippen LogP contribution is 2.49. The zero-order valence-electron chi connectivity index (χ0n) is 11.7. The molecule has 0 amide bonds. The predicted octanol–water partition coefficient (Wildman–Crippen LogP) is 2.16. The molecule has 1 aromatic carbocycles. The highest BCUT2D eigenvalue weighted by Gasteiger charge is 2.56. The van der Waals surface area contributed by atoms with Crippen molar-refractivity contribution >= 4 is 12.0 Å². The molecule has 5 nitrogen and oxygen atoms in total. The molecule has 0 aromatic heterocycles. The van der Waals surface area contributed by atoms with Gasteiger partial charge in [-0.3, -0.25) is 9.80 Å². The minimum atomic E-state index is -1.36. The minimum Gasteiger partial charge on any atom is -0.299 e. The van der Waals surface area contributed by atoms with Crippen LogP contribution in [0.1, 0.15) is 36.9 Å². The van der Waals surface area contributed by atoms with E-state index in [2.05, 4.69) is 17.2 Å². The molecule has 1 aromatic rings. The van der Waals surface area contributed by atoms with Gasteiger partial charge in [-0.25, -0.2) is 0 Å². The van der Waals surface area contributed by atoms with Crippen molar-refractivity contribution in [3.8, 4) is 12.1 Å². The number of rotatable bonds is 2. The summed E-state index contributed by atoms with van der Waals surface area (Å²) in [5.41, 5.74) is 0.551. The summed E-state index contributed by atoms with van der Waals surface area (Å²) < 4.78 is 0. The molecular weight excluding hydrogens is 264 g/mol. The van der Waals surface area contributed by atoms with Crippen LogP contribution in [0.3, 0.4) is 0 Å². The summed E-state index contributed by atoms with van der Waals surface area (Å²) >= 11 is 0. The summed E-state index contributed by atoms with van der Waals surface area (Å²) in [5, 5.41) is 24.8.